The molecule has 182 valence electrons. The molecule has 0 aromatic heterocycles. The van der Waals surface area contributed by atoms with E-state index in [0.29, 0.717) is 25.3 Å². The first kappa shape index (κ1) is 25.1. The maximum absolute atomic E-state index is 13.1. The molecule has 2 N–H and O–H groups in total. The Labute approximate surface area is 198 Å². The monoisotopic (exact) mass is 456 g/mol. The minimum absolute atomic E-state index is 0.216. The van der Waals surface area contributed by atoms with Gasteiger partial charge >= 0.3 is 6.03 Å². The topological polar surface area (TPSA) is 81.8 Å². The van der Waals surface area contributed by atoms with E-state index in [9.17, 15) is 14.4 Å². The molecule has 7 nitrogen and oxygen atoms in total. The third kappa shape index (κ3) is 5.68. The number of nitrogens with one attached hydrogen (secondary N) is 2. The number of imide groups is 1. The minimum Gasteiger partial charge on any atom is -0.372 e. The van der Waals surface area contributed by atoms with Crippen LogP contribution < -0.4 is 15.5 Å². The maximum Gasteiger partial charge on any atom is 0.325 e. The van der Waals surface area contributed by atoms with Gasteiger partial charge in [-0.15, -0.1) is 0 Å². The molecule has 7 heteroatoms. The fraction of sp³-hybridized carbons (Fsp3) is 0.654. The fourth-order valence-electron chi connectivity index (χ4n) is 5.15. The highest BCUT2D eigenvalue weighted by molar-refractivity contribution is 6.09. The van der Waals surface area contributed by atoms with Crippen LogP contribution in [0.5, 0.6) is 0 Å². The molecule has 0 bridgehead atoms. The molecule has 1 aliphatic carbocycles. The third-order valence-electron chi connectivity index (χ3n) is 7.83. The summed E-state index contributed by atoms with van der Waals surface area (Å²) in [7, 11) is 0. The lowest BCUT2D eigenvalue weighted by molar-refractivity contribution is -0.136. The van der Waals surface area contributed by atoms with Gasteiger partial charge in [0, 0.05) is 25.3 Å². The van der Waals surface area contributed by atoms with Crippen molar-refractivity contribution in [3.8, 4) is 0 Å². The summed E-state index contributed by atoms with van der Waals surface area (Å²) in [6, 6.07) is 9.74. The van der Waals surface area contributed by atoms with Crippen molar-refractivity contribution in [2.24, 2.45) is 11.3 Å². The first-order chi connectivity index (χ1) is 15.7. The summed E-state index contributed by atoms with van der Waals surface area (Å²) < 4.78 is 0. The van der Waals surface area contributed by atoms with Gasteiger partial charge in [0.05, 0.1) is 0 Å². The van der Waals surface area contributed by atoms with Crippen molar-refractivity contribution in [3.05, 3.63) is 30.3 Å². The number of nitrogens with zero attached hydrogens (tertiary/aromatic N) is 2. The van der Waals surface area contributed by atoms with Crippen LogP contribution in [0.25, 0.3) is 0 Å². The van der Waals surface area contributed by atoms with E-state index in [2.05, 4.69) is 55.4 Å². The summed E-state index contributed by atoms with van der Waals surface area (Å²) in [5.41, 5.74) is 0.573. The Bertz CT molecular complexity index is 831. The van der Waals surface area contributed by atoms with Crippen LogP contribution in [0.15, 0.2) is 30.3 Å². The van der Waals surface area contributed by atoms with Crippen molar-refractivity contribution in [3.63, 3.8) is 0 Å². The van der Waals surface area contributed by atoms with Crippen molar-refractivity contribution < 1.29 is 14.4 Å². The van der Waals surface area contributed by atoms with E-state index < -0.39 is 11.6 Å². The molecular formula is C26H40N4O3. The molecular weight excluding hydrogens is 416 g/mol. The van der Waals surface area contributed by atoms with Gasteiger partial charge in [0.1, 0.15) is 12.1 Å². The zero-order valence-electron chi connectivity index (χ0n) is 20.7. The van der Waals surface area contributed by atoms with Crippen LogP contribution in [-0.4, -0.2) is 54.5 Å². The summed E-state index contributed by atoms with van der Waals surface area (Å²) in [5.74, 6) is 0.0181. The zero-order valence-corrected chi connectivity index (χ0v) is 20.7. The lowest BCUT2D eigenvalue weighted by Crippen LogP contribution is -2.51. The van der Waals surface area contributed by atoms with Gasteiger partial charge in [-0.1, -0.05) is 45.4 Å². The first-order valence-corrected chi connectivity index (χ1v) is 12.4. The van der Waals surface area contributed by atoms with Gasteiger partial charge in [-0.05, 0) is 62.5 Å². The molecule has 3 rings (SSSR count). The number of benzene rings is 1. The third-order valence-corrected chi connectivity index (χ3v) is 7.83. The van der Waals surface area contributed by atoms with E-state index in [1.54, 1.807) is 0 Å². The van der Waals surface area contributed by atoms with Crippen molar-refractivity contribution in [1.82, 2.24) is 15.5 Å². The van der Waals surface area contributed by atoms with Gasteiger partial charge in [-0.3, -0.25) is 14.5 Å². The van der Waals surface area contributed by atoms with Crippen molar-refractivity contribution in [2.75, 3.05) is 31.1 Å². The number of amides is 4. The molecule has 0 radical (unpaired) electrons. The van der Waals surface area contributed by atoms with Crippen molar-refractivity contribution in [1.29, 1.82) is 0 Å². The van der Waals surface area contributed by atoms with Gasteiger partial charge < -0.3 is 15.5 Å². The van der Waals surface area contributed by atoms with E-state index in [4.69, 9.17) is 0 Å². The van der Waals surface area contributed by atoms with Gasteiger partial charge in [-0.25, -0.2) is 4.79 Å². The van der Waals surface area contributed by atoms with Crippen LogP contribution in [0.2, 0.25) is 0 Å². The van der Waals surface area contributed by atoms with E-state index in [1.165, 1.54) is 0 Å². The largest absolute Gasteiger partial charge is 0.372 e. The second-order valence-corrected chi connectivity index (χ2v) is 10.1. The molecule has 0 atom stereocenters. The minimum atomic E-state index is -0.824. The molecule has 1 spiro atoms. The highest BCUT2D eigenvalue weighted by Crippen LogP contribution is 2.45. The number of rotatable bonds is 10. The average Bonchev–Trinajstić information content (AvgIpc) is 3.03. The summed E-state index contributed by atoms with van der Waals surface area (Å²) in [6.45, 7) is 10.9. The van der Waals surface area contributed by atoms with Crippen LogP contribution in [0.1, 0.15) is 66.2 Å². The molecule has 4 amide bonds. The summed E-state index contributed by atoms with van der Waals surface area (Å²) in [6.07, 6.45) is 5.02. The molecule has 1 aromatic carbocycles. The highest BCUT2D eigenvalue weighted by atomic mass is 16.2. The number of carbonyl (C=O) groups excluding carboxylic acids is 3. The molecule has 1 heterocycles. The predicted molar refractivity (Wildman–Crippen MR) is 131 cm³/mol. The van der Waals surface area contributed by atoms with E-state index in [1.807, 2.05) is 18.2 Å². The summed E-state index contributed by atoms with van der Waals surface area (Å²) in [4.78, 5) is 41.5. The smallest absolute Gasteiger partial charge is 0.325 e. The molecule has 33 heavy (non-hydrogen) atoms. The van der Waals surface area contributed by atoms with Crippen LogP contribution >= 0.6 is 0 Å². The molecule has 1 aliphatic heterocycles. The van der Waals surface area contributed by atoms with E-state index in [0.717, 1.165) is 49.4 Å². The van der Waals surface area contributed by atoms with Crippen molar-refractivity contribution >= 4 is 23.5 Å². The van der Waals surface area contributed by atoms with Crippen LogP contribution in [0.4, 0.5) is 10.5 Å². The number of urea groups is 1. The summed E-state index contributed by atoms with van der Waals surface area (Å²) >= 11 is 0. The Morgan fingerprint density at radius 3 is 2.45 bits per heavy atom. The van der Waals surface area contributed by atoms with Crippen molar-refractivity contribution in [2.45, 2.75) is 71.8 Å². The Balaban J connectivity index is 1.45. The molecule has 1 aromatic rings. The number of carbonyl (C=O) groups is 3. The average molecular weight is 457 g/mol. The second kappa shape index (κ2) is 10.6. The Morgan fingerprint density at radius 1 is 1.18 bits per heavy atom. The van der Waals surface area contributed by atoms with E-state index >= 15 is 0 Å². The Kier molecular flexibility index (Phi) is 8.03. The van der Waals surface area contributed by atoms with E-state index in [-0.39, 0.29) is 23.8 Å². The van der Waals surface area contributed by atoms with Crippen LogP contribution in [-0.2, 0) is 9.59 Å². The lowest BCUT2D eigenvalue weighted by Gasteiger charge is -2.42. The van der Waals surface area contributed by atoms with Crippen LogP contribution in [0.3, 0.4) is 0 Å². The second-order valence-electron chi connectivity index (χ2n) is 10.1. The number of para-hydroxylation sites is 1. The van der Waals surface area contributed by atoms with Gasteiger partial charge in [0.2, 0.25) is 5.91 Å². The van der Waals surface area contributed by atoms with Gasteiger partial charge in [-0.2, -0.15) is 0 Å². The molecule has 2 aliphatic rings. The van der Waals surface area contributed by atoms with Crippen LogP contribution in [0, 0.1) is 11.3 Å². The Morgan fingerprint density at radius 2 is 1.85 bits per heavy atom. The highest BCUT2D eigenvalue weighted by Gasteiger charge is 2.53. The normalized spacial score (nSPS) is 23.0. The number of hydrogen-bond donors (Lipinski definition) is 2. The lowest BCUT2D eigenvalue weighted by atomic mass is 9.65. The quantitative estimate of drug-likeness (QED) is 0.413. The van der Waals surface area contributed by atoms with Gasteiger partial charge in [0.15, 0.2) is 0 Å². The number of hydrogen-bond acceptors (Lipinski definition) is 4. The Hall–Kier alpha value is -2.57. The fourth-order valence-corrected chi connectivity index (χ4v) is 5.15. The zero-order chi connectivity index (χ0) is 24.1. The van der Waals surface area contributed by atoms with Gasteiger partial charge in [0.25, 0.3) is 5.91 Å². The molecule has 2 fully saturated rings. The molecule has 1 saturated heterocycles. The molecule has 0 unspecified atom stereocenters. The summed E-state index contributed by atoms with van der Waals surface area (Å²) in [5, 5.41) is 5.79. The standard InChI is InChI=1S/C26H40N4O3/c1-5-25(3,4)20-13-15-26(16-14-20)23(32)30(24(33)28-26)19-22(31)27-17-10-18-29(6-2)21-11-8-7-9-12-21/h7-9,11-12,20H,5-6,10,13-19H2,1-4H3,(H,27,31)(H,28,33). The maximum atomic E-state index is 13.1. The molecule has 1 saturated carbocycles. The number of anilines is 1. The SMILES string of the molecule is CCN(CCCNC(=O)CN1C(=O)NC2(CCC(C(C)(C)CC)CC2)C1=O)c1ccccc1. The predicted octanol–water partition coefficient (Wildman–Crippen LogP) is 3.94. The first-order valence-electron chi connectivity index (χ1n) is 12.4.